The summed E-state index contributed by atoms with van der Waals surface area (Å²) in [5.74, 6) is 2.21. The third-order valence-electron chi connectivity index (χ3n) is 3.96. The normalized spacial score (nSPS) is 11.2. The van der Waals surface area contributed by atoms with Crippen LogP contribution in [0.4, 0.5) is 0 Å². The molecular formula is C18H23N5O2. The van der Waals surface area contributed by atoms with Crippen molar-refractivity contribution in [3.8, 4) is 17.3 Å². The first-order chi connectivity index (χ1) is 12.1. The lowest BCUT2D eigenvalue weighted by Crippen LogP contribution is -2.10. The van der Waals surface area contributed by atoms with Crippen molar-refractivity contribution >= 4 is 0 Å². The zero-order valence-corrected chi connectivity index (χ0v) is 14.8. The van der Waals surface area contributed by atoms with Crippen molar-refractivity contribution in [3.05, 3.63) is 47.9 Å². The van der Waals surface area contributed by atoms with Gasteiger partial charge in [0.05, 0.1) is 20.3 Å². The fourth-order valence-electron chi connectivity index (χ4n) is 2.83. The Labute approximate surface area is 146 Å². The predicted octanol–water partition coefficient (Wildman–Crippen LogP) is 2.31. The fraction of sp³-hybridized carbons (Fsp3) is 0.389. The number of hydrogen-bond acceptors (Lipinski definition) is 5. The maximum absolute atomic E-state index is 9.37. The molecule has 3 rings (SSSR count). The number of nitrogens with zero attached hydrogens (tertiary/aromatic N) is 5. The number of rotatable bonds is 7. The summed E-state index contributed by atoms with van der Waals surface area (Å²) in [5.41, 5.74) is 1.91. The Hall–Kier alpha value is -2.67. The smallest absolute Gasteiger partial charge is 0.176 e. The van der Waals surface area contributed by atoms with Crippen LogP contribution in [0, 0.1) is 0 Å². The van der Waals surface area contributed by atoms with Crippen LogP contribution in [-0.4, -0.2) is 43.4 Å². The Morgan fingerprint density at radius 1 is 1.20 bits per heavy atom. The van der Waals surface area contributed by atoms with Crippen molar-refractivity contribution in [2.45, 2.75) is 32.9 Å². The molecule has 0 bridgehead atoms. The minimum absolute atomic E-state index is 0.000272. The molecule has 0 aliphatic carbocycles. The van der Waals surface area contributed by atoms with Gasteiger partial charge in [-0.05, 0) is 26.0 Å². The van der Waals surface area contributed by atoms with E-state index in [-0.39, 0.29) is 12.6 Å². The summed E-state index contributed by atoms with van der Waals surface area (Å²) in [6.45, 7) is 4.52. The molecule has 0 saturated carbocycles. The molecule has 7 heteroatoms. The molecule has 0 spiro atoms. The Kier molecular flexibility index (Phi) is 5.14. The van der Waals surface area contributed by atoms with Gasteiger partial charge in [-0.3, -0.25) is 4.68 Å². The Morgan fingerprint density at radius 2 is 2.00 bits per heavy atom. The predicted molar refractivity (Wildman–Crippen MR) is 94.5 cm³/mol. The summed E-state index contributed by atoms with van der Waals surface area (Å²) in [6.07, 6.45) is 2.32. The number of ether oxygens (including phenoxy) is 1. The Bertz CT molecular complexity index is 838. The number of aliphatic hydroxyl groups excluding tert-OH is 1. The van der Waals surface area contributed by atoms with E-state index in [4.69, 9.17) is 9.72 Å². The highest BCUT2D eigenvalue weighted by molar-refractivity contribution is 5.50. The molecule has 0 atom stereocenters. The molecule has 1 N–H and O–H groups in total. The molecule has 7 nitrogen and oxygen atoms in total. The molecule has 0 amide bonds. The highest BCUT2D eigenvalue weighted by Gasteiger charge is 2.18. The van der Waals surface area contributed by atoms with E-state index in [1.807, 2.05) is 35.0 Å². The number of methoxy groups -OCH3 is 1. The van der Waals surface area contributed by atoms with Crippen molar-refractivity contribution in [1.29, 1.82) is 0 Å². The lowest BCUT2D eigenvalue weighted by Gasteiger charge is -2.10. The van der Waals surface area contributed by atoms with Crippen molar-refractivity contribution in [2.24, 2.45) is 0 Å². The first-order valence-corrected chi connectivity index (χ1v) is 8.34. The van der Waals surface area contributed by atoms with E-state index in [2.05, 4.69) is 24.0 Å². The number of aliphatic hydroxyl groups is 1. The van der Waals surface area contributed by atoms with Gasteiger partial charge in [0.15, 0.2) is 11.6 Å². The third-order valence-corrected chi connectivity index (χ3v) is 3.96. The monoisotopic (exact) mass is 341 g/mol. The molecule has 132 valence electrons. The fourth-order valence-corrected chi connectivity index (χ4v) is 2.83. The molecule has 0 fully saturated rings. The largest absolute Gasteiger partial charge is 0.496 e. The zero-order valence-electron chi connectivity index (χ0n) is 14.8. The SMILES string of the molecule is COc1ccccc1Cc1nc(-c2ccnn2C(C)C)n(CCO)n1. The van der Waals surface area contributed by atoms with E-state index >= 15 is 0 Å². The Balaban J connectivity index is 1.99. The van der Waals surface area contributed by atoms with Gasteiger partial charge < -0.3 is 9.84 Å². The molecule has 0 radical (unpaired) electrons. The van der Waals surface area contributed by atoms with Crippen molar-refractivity contribution in [2.75, 3.05) is 13.7 Å². The van der Waals surface area contributed by atoms with Gasteiger partial charge in [-0.25, -0.2) is 9.67 Å². The summed E-state index contributed by atoms with van der Waals surface area (Å²) >= 11 is 0. The second-order valence-corrected chi connectivity index (χ2v) is 6.04. The van der Waals surface area contributed by atoms with Crippen LogP contribution < -0.4 is 4.74 Å². The molecule has 25 heavy (non-hydrogen) atoms. The number of aromatic nitrogens is 5. The van der Waals surface area contributed by atoms with Gasteiger partial charge in [-0.15, -0.1) is 0 Å². The maximum atomic E-state index is 9.37. The molecule has 2 aromatic heterocycles. The molecule has 0 unspecified atom stereocenters. The van der Waals surface area contributed by atoms with Gasteiger partial charge >= 0.3 is 0 Å². The zero-order chi connectivity index (χ0) is 17.8. The van der Waals surface area contributed by atoms with Gasteiger partial charge in [0.25, 0.3) is 0 Å². The van der Waals surface area contributed by atoms with Crippen molar-refractivity contribution in [1.82, 2.24) is 24.5 Å². The van der Waals surface area contributed by atoms with Gasteiger partial charge in [-0.2, -0.15) is 10.2 Å². The Morgan fingerprint density at radius 3 is 2.72 bits per heavy atom. The summed E-state index contributed by atoms with van der Waals surface area (Å²) in [5, 5.41) is 18.3. The van der Waals surface area contributed by atoms with Crippen molar-refractivity contribution < 1.29 is 9.84 Å². The van der Waals surface area contributed by atoms with Gasteiger partial charge in [0, 0.05) is 24.2 Å². The van der Waals surface area contributed by atoms with E-state index in [0.29, 0.717) is 24.6 Å². The average molecular weight is 341 g/mol. The molecule has 2 heterocycles. The standard InChI is InChI=1S/C18H23N5O2/c1-13(2)23-15(8-9-19-23)18-20-17(21-22(18)10-11-24)12-14-6-4-5-7-16(14)25-3/h4-9,13,24H,10-12H2,1-3H3. The topological polar surface area (TPSA) is 78.0 Å². The molecule has 3 aromatic rings. The highest BCUT2D eigenvalue weighted by Crippen LogP contribution is 2.23. The van der Waals surface area contributed by atoms with Gasteiger partial charge in [0.2, 0.25) is 0 Å². The molecular weight excluding hydrogens is 318 g/mol. The molecule has 0 saturated heterocycles. The van der Waals surface area contributed by atoms with Crippen LogP contribution in [0.15, 0.2) is 36.5 Å². The van der Waals surface area contributed by atoms with Crippen LogP contribution in [0.5, 0.6) is 5.75 Å². The van der Waals surface area contributed by atoms with Crippen LogP contribution in [0.3, 0.4) is 0 Å². The molecule has 0 aliphatic heterocycles. The van der Waals surface area contributed by atoms with Gasteiger partial charge in [0.1, 0.15) is 11.4 Å². The minimum Gasteiger partial charge on any atom is -0.496 e. The average Bonchev–Trinajstić information content (AvgIpc) is 3.22. The first kappa shape index (κ1) is 17.2. The summed E-state index contributed by atoms with van der Waals surface area (Å²) < 4.78 is 9.05. The number of hydrogen-bond donors (Lipinski definition) is 1. The van der Waals surface area contributed by atoms with Crippen LogP contribution in [-0.2, 0) is 13.0 Å². The second kappa shape index (κ2) is 7.48. The minimum atomic E-state index is 0.000272. The van der Waals surface area contributed by atoms with E-state index in [0.717, 1.165) is 17.0 Å². The summed E-state index contributed by atoms with van der Waals surface area (Å²) in [4.78, 5) is 4.71. The summed E-state index contributed by atoms with van der Waals surface area (Å²) in [7, 11) is 1.66. The van der Waals surface area contributed by atoms with E-state index < -0.39 is 0 Å². The van der Waals surface area contributed by atoms with E-state index in [1.54, 1.807) is 18.0 Å². The number of para-hydroxylation sites is 1. The first-order valence-electron chi connectivity index (χ1n) is 8.34. The maximum Gasteiger partial charge on any atom is 0.176 e. The highest BCUT2D eigenvalue weighted by atomic mass is 16.5. The second-order valence-electron chi connectivity index (χ2n) is 6.04. The van der Waals surface area contributed by atoms with Crippen LogP contribution in [0.25, 0.3) is 11.5 Å². The van der Waals surface area contributed by atoms with E-state index in [1.165, 1.54) is 0 Å². The van der Waals surface area contributed by atoms with Crippen molar-refractivity contribution in [3.63, 3.8) is 0 Å². The van der Waals surface area contributed by atoms with E-state index in [9.17, 15) is 5.11 Å². The van der Waals surface area contributed by atoms with Crippen LogP contribution in [0.1, 0.15) is 31.3 Å². The van der Waals surface area contributed by atoms with Gasteiger partial charge in [-0.1, -0.05) is 18.2 Å². The number of benzene rings is 1. The van der Waals surface area contributed by atoms with Crippen LogP contribution >= 0.6 is 0 Å². The molecule has 1 aromatic carbocycles. The quantitative estimate of drug-likeness (QED) is 0.713. The third kappa shape index (κ3) is 3.56. The summed E-state index contributed by atoms with van der Waals surface area (Å²) in [6, 6.07) is 9.97. The lowest BCUT2D eigenvalue weighted by molar-refractivity contribution is 0.269. The lowest BCUT2D eigenvalue weighted by atomic mass is 10.1. The molecule has 0 aliphatic rings. The van der Waals surface area contributed by atoms with Crippen LogP contribution in [0.2, 0.25) is 0 Å².